The monoisotopic (exact) mass is 576 g/mol. The Labute approximate surface area is 242 Å². The third kappa shape index (κ3) is 5.66. The van der Waals surface area contributed by atoms with Crippen molar-refractivity contribution in [3.63, 3.8) is 0 Å². The Morgan fingerprint density at radius 1 is 1.03 bits per heavy atom. The molecule has 1 aliphatic heterocycles. The molecule has 3 saturated carbocycles. The van der Waals surface area contributed by atoms with Crippen LogP contribution >= 0.6 is 23.2 Å². The van der Waals surface area contributed by atoms with Crippen LogP contribution in [-0.4, -0.2) is 56.0 Å². The minimum absolute atomic E-state index is 0.00313. The molecule has 214 valence electrons. The van der Waals surface area contributed by atoms with E-state index in [-0.39, 0.29) is 35.4 Å². The van der Waals surface area contributed by atoms with Crippen molar-refractivity contribution in [3.05, 3.63) is 35.9 Å². The number of hydrogen-bond donors (Lipinski definition) is 1. The Bertz CT molecular complexity index is 1070. The molecular weight excluding hydrogens is 535 g/mol. The molecule has 0 radical (unpaired) electrons. The Balaban J connectivity index is 1.18. The molecule has 2 unspecified atom stereocenters. The number of halogens is 2. The summed E-state index contributed by atoms with van der Waals surface area (Å²) in [5.74, 6) is 3.23. The first-order valence-electron chi connectivity index (χ1n) is 14.6. The summed E-state index contributed by atoms with van der Waals surface area (Å²) in [5, 5.41) is 3.05. The fraction of sp³-hybridized carbons (Fsp3) is 0.677. The highest BCUT2D eigenvalue weighted by molar-refractivity contribution is 6.18. The number of ether oxygens (including phenoxy) is 2. The molecule has 4 aliphatic rings. The number of hydrogen-bond acceptors (Lipinski definition) is 5. The van der Waals surface area contributed by atoms with Crippen molar-refractivity contribution in [2.24, 2.45) is 28.6 Å². The fourth-order valence-electron chi connectivity index (χ4n) is 8.37. The molecule has 0 bridgehead atoms. The maximum Gasteiger partial charge on any atom is 0.344 e. The van der Waals surface area contributed by atoms with E-state index < -0.39 is 0 Å². The second-order valence-corrected chi connectivity index (χ2v) is 13.0. The van der Waals surface area contributed by atoms with Gasteiger partial charge in [0.15, 0.2) is 6.61 Å². The van der Waals surface area contributed by atoms with E-state index in [1.165, 1.54) is 5.57 Å². The van der Waals surface area contributed by atoms with Gasteiger partial charge in [-0.1, -0.05) is 19.4 Å². The van der Waals surface area contributed by atoms with Crippen molar-refractivity contribution in [3.8, 4) is 5.75 Å². The van der Waals surface area contributed by atoms with Crippen LogP contribution in [0.25, 0.3) is 0 Å². The summed E-state index contributed by atoms with van der Waals surface area (Å²) in [7, 11) is 0. The summed E-state index contributed by atoms with van der Waals surface area (Å²) >= 11 is 11.8. The number of anilines is 1. The second kappa shape index (κ2) is 11.9. The van der Waals surface area contributed by atoms with Crippen LogP contribution < -0.4 is 15.0 Å². The van der Waals surface area contributed by atoms with Gasteiger partial charge < -0.3 is 19.7 Å². The van der Waals surface area contributed by atoms with Gasteiger partial charge in [-0.3, -0.25) is 4.79 Å². The Kier molecular flexibility index (Phi) is 8.73. The number of carbonyl (C=O) groups is 2. The van der Waals surface area contributed by atoms with Crippen molar-refractivity contribution in [1.82, 2.24) is 5.32 Å². The normalized spacial score (nSPS) is 33.5. The molecule has 1 aromatic rings. The molecule has 1 heterocycles. The Hall–Kier alpha value is -1.92. The van der Waals surface area contributed by atoms with Gasteiger partial charge in [-0.15, -0.1) is 23.2 Å². The average molecular weight is 578 g/mol. The third-order valence-electron chi connectivity index (χ3n) is 10.4. The van der Waals surface area contributed by atoms with Gasteiger partial charge in [0.1, 0.15) is 11.9 Å². The number of fused-ring (bicyclic) bond motifs is 5. The molecule has 0 aromatic heterocycles. The SMILES string of the molecule is C[C@]12CCNC(=O)C=C1CC[C@@H]1C2CC[C@@]2(C)C1CC[C@@H]2OC(=O)COc1ccc(N(CCCl)CCCl)cc1. The highest BCUT2D eigenvalue weighted by atomic mass is 35.5. The van der Waals surface area contributed by atoms with Gasteiger partial charge in [-0.2, -0.15) is 0 Å². The van der Waals surface area contributed by atoms with Crippen LogP contribution in [-0.2, 0) is 14.3 Å². The number of amides is 1. The van der Waals surface area contributed by atoms with E-state index in [0.29, 0.717) is 35.3 Å². The largest absolute Gasteiger partial charge is 0.482 e. The number of alkyl halides is 2. The summed E-state index contributed by atoms with van der Waals surface area (Å²) in [5.41, 5.74) is 2.47. The molecule has 1 amide bonds. The van der Waals surface area contributed by atoms with E-state index in [0.717, 1.165) is 70.3 Å². The lowest BCUT2D eigenvalue weighted by Gasteiger charge is -2.56. The van der Waals surface area contributed by atoms with Crippen LogP contribution in [0.1, 0.15) is 58.8 Å². The summed E-state index contributed by atoms with van der Waals surface area (Å²) in [6, 6.07) is 7.67. The summed E-state index contributed by atoms with van der Waals surface area (Å²) < 4.78 is 11.9. The average Bonchev–Trinajstić information content (AvgIpc) is 3.16. The number of benzene rings is 1. The van der Waals surface area contributed by atoms with Crippen molar-refractivity contribution in [2.45, 2.75) is 64.9 Å². The highest BCUT2D eigenvalue weighted by Crippen LogP contribution is 2.65. The molecule has 5 rings (SSSR count). The molecule has 6 atom stereocenters. The lowest BCUT2D eigenvalue weighted by Crippen LogP contribution is -2.51. The van der Waals surface area contributed by atoms with Crippen LogP contribution in [0.4, 0.5) is 5.69 Å². The number of nitrogens with zero attached hydrogens (tertiary/aromatic N) is 1. The van der Waals surface area contributed by atoms with E-state index in [1.54, 1.807) is 0 Å². The van der Waals surface area contributed by atoms with E-state index in [2.05, 4.69) is 24.1 Å². The van der Waals surface area contributed by atoms with Gasteiger partial charge >= 0.3 is 5.97 Å². The van der Waals surface area contributed by atoms with Crippen molar-refractivity contribution >= 4 is 40.8 Å². The minimum Gasteiger partial charge on any atom is -0.482 e. The van der Waals surface area contributed by atoms with E-state index in [4.69, 9.17) is 32.7 Å². The van der Waals surface area contributed by atoms with Crippen molar-refractivity contribution < 1.29 is 19.1 Å². The molecule has 1 N–H and O–H groups in total. The topological polar surface area (TPSA) is 67.9 Å². The van der Waals surface area contributed by atoms with Gasteiger partial charge in [0, 0.05) is 48.6 Å². The summed E-state index contributed by atoms with van der Waals surface area (Å²) in [4.78, 5) is 27.2. The number of allylic oxidation sites excluding steroid dienone is 1. The molecule has 3 fully saturated rings. The molecule has 39 heavy (non-hydrogen) atoms. The number of nitrogens with one attached hydrogen (secondary N) is 1. The zero-order valence-electron chi connectivity index (χ0n) is 23.2. The van der Waals surface area contributed by atoms with Crippen LogP contribution in [0.2, 0.25) is 0 Å². The maximum atomic E-state index is 12.9. The maximum absolute atomic E-state index is 12.9. The predicted octanol–water partition coefficient (Wildman–Crippen LogP) is 5.95. The Morgan fingerprint density at radius 3 is 2.49 bits per heavy atom. The van der Waals surface area contributed by atoms with Gasteiger partial charge in [0.25, 0.3) is 0 Å². The Morgan fingerprint density at radius 2 is 1.77 bits per heavy atom. The molecule has 0 saturated heterocycles. The van der Waals surface area contributed by atoms with Crippen LogP contribution in [0, 0.1) is 28.6 Å². The number of esters is 1. The van der Waals surface area contributed by atoms with Crippen LogP contribution in [0.5, 0.6) is 5.75 Å². The quantitative estimate of drug-likeness (QED) is 0.290. The number of carbonyl (C=O) groups excluding carboxylic acids is 2. The zero-order valence-corrected chi connectivity index (χ0v) is 24.7. The van der Waals surface area contributed by atoms with Crippen LogP contribution in [0.3, 0.4) is 0 Å². The van der Waals surface area contributed by atoms with Crippen LogP contribution in [0.15, 0.2) is 35.9 Å². The van der Waals surface area contributed by atoms with E-state index in [1.807, 2.05) is 30.3 Å². The van der Waals surface area contributed by atoms with Gasteiger partial charge in [-0.25, -0.2) is 4.79 Å². The van der Waals surface area contributed by atoms with Crippen molar-refractivity contribution in [1.29, 1.82) is 0 Å². The first-order valence-corrected chi connectivity index (χ1v) is 15.6. The number of rotatable bonds is 9. The molecule has 0 spiro atoms. The lowest BCUT2D eigenvalue weighted by molar-refractivity contribution is -0.162. The lowest BCUT2D eigenvalue weighted by atomic mass is 9.48. The second-order valence-electron chi connectivity index (χ2n) is 12.3. The van der Waals surface area contributed by atoms with Gasteiger partial charge in [0.2, 0.25) is 5.91 Å². The van der Waals surface area contributed by atoms with Gasteiger partial charge in [-0.05, 0) is 92.4 Å². The smallest absolute Gasteiger partial charge is 0.344 e. The molecular formula is C31H42Cl2N2O4. The standard InChI is InChI=1S/C31H42Cl2N2O4/c1-30-13-16-34-28(36)19-21(30)3-8-24-25-9-10-27(31(25,2)12-11-26(24)30)39-29(37)20-38-23-6-4-22(5-7-23)35(17-14-32)18-15-33/h4-7,19,24-27H,3,8-18,20H2,1-2H3,(H,34,36)/t24-,25?,26?,27-,30-,31-/m0/s1. The molecule has 3 aliphatic carbocycles. The molecule has 6 nitrogen and oxygen atoms in total. The predicted molar refractivity (Wildman–Crippen MR) is 156 cm³/mol. The fourth-order valence-corrected chi connectivity index (χ4v) is 8.78. The van der Waals surface area contributed by atoms with E-state index >= 15 is 0 Å². The molecule has 1 aromatic carbocycles. The summed E-state index contributed by atoms with van der Waals surface area (Å²) in [6.45, 7) is 6.83. The summed E-state index contributed by atoms with van der Waals surface area (Å²) in [6.07, 6.45) is 9.18. The zero-order chi connectivity index (χ0) is 27.6. The van der Waals surface area contributed by atoms with Crippen molar-refractivity contribution in [2.75, 3.05) is 42.9 Å². The third-order valence-corrected chi connectivity index (χ3v) is 10.8. The molecule has 8 heteroatoms. The van der Waals surface area contributed by atoms with E-state index in [9.17, 15) is 9.59 Å². The highest BCUT2D eigenvalue weighted by Gasteiger charge is 2.59. The first kappa shape index (κ1) is 28.6. The minimum atomic E-state index is -0.298. The first-order chi connectivity index (χ1) is 18.8. The van der Waals surface area contributed by atoms with Gasteiger partial charge in [0.05, 0.1) is 0 Å².